The number of benzene rings is 2. The van der Waals surface area contributed by atoms with Gasteiger partial charge in [-0.05, 0) is 49.4 Å². The predicted molar refractivity (Wildman–Crippen MR) is 115 cm³/mol. The maximum Gasteiger partial charge on any atom is 0.339 e. The van der Waals surface area contributed by atoms with Crippen LogP contribution in [0.15, 0.2) is 76.2 Å². The zero-order valence-electron chi connectivity index (χ0n) is 17.3. The van der Waals surface area contributed by atoms with E-state index >= 15 is 0 Å². The van der Waals surface area contributed by atoms with Crippen molar-refractivity contribution >= 4 is 27.6 Å². The van der Waals surface area contributed by atoms with Gasteiger partial charge in [-0.1, -0.05) is 6.07 Å². The number of nitro benzene ring substituents is 1. The molecule has 1 atom stereocenters. The van der Waals surface area contributed by atoms with Crippen molar-refractivity contribution < 1.29 is 31.5 Å². The lowest BCUT2D eigenvalue weighted by Gasteiger charge is -2.14. The number of non-ortho nitro benzene ring substituents is 1. The first-order valence-corrected chi connectivity index (χ1v) is 11.0. The molecule has 1 heterocycles. The molecule has 2 aromatic carbocycles. The Hall–Kier alpha value is -4.19. The van der Waals surface area contributed by atoms with E-state index in [1.165, 1.54) is 49.6 Å². The first kappa shape index (κ1) is 23.5. The molecule has 33 heavy (non-hydrogen) atoms. The molecule has 1 aromatic heterocycles. The van der Waals surface area contributed by atoms with E-state index in [9.17, 15) is 28.1 Å². The normalized spacial score (nSPS) is 11.9. The summed E-state index contributed by atoms with van der Waals surface area (Å²) in [7, 11) is -4.32. The highest BCUT2D eigenvalue weighted by atomic mass is 32.2. The number of nitrogens with zero attached hydrogens (tertiary/aromatic N) is 1. The molecule has 0 saturated heterocycles. The summed E-state index contributed by atoms with van der Waals surface area (Å²) >= 11 is 0. The van der Waals surface area contributed by atoms with Gasteiger partial charge in [-0.15, -0.1) is 0 Å². The molecule has 0 aliphatic heterocycles. The molecule has 3 aromatic rings. The molecule has 3 rings (SSSR count). The molecule has 0 radical (unpaired) electrons. The Morgan fingerprint density at radius 3 is 2.48 bits per heavy atom. The highest BCUT2D eigenvalue weighted by molar-refractivity contribution is 7.87. The highest BCUT2D eigenvalue weighted by Gasteiger charge is 2.21. The number of amides is 2. The van der Waals surface area contributed by atoms with E-state index in [4.69, 9.17) is 8.60 Å². The zero-order chi connectivity index (χ0) is 24.0. The summed E-state index contributed by atoms with van der Waals surface area (Å²) in [4.78, 5) is 34.3. The third-order valence-electron chi connectivity index (χ3n) is 4.40. The van der Waals surface area contributed by atoms with Crippen molar-refractivity contribution in [1.82, 2.24) is 10.6 Å². The van der Waals surface area contributed by atoms with Crippen LogP contribution in [0.5, 0.6) is 5.75 Å². The average Bonchev–Trinajstić information content (AvgIpc) is 3.31. The molecule has 11 nitrogen and oxygen atoms in total. The minimum Gasteiger partial charge on any atom is -0.467 e. The lowest BCUT2D eigenvalue weighted by atomic mass is 10.2. The molecular formula is C21H19N3O8S. The number of carbonyl (C=O) groups is 2. The van der Waals surface area contributed by atoms with Gasteiger partial charge >= 0.3 is 10.1 Å². The van der Waals surface area contributed by atoms with Gasteiger partial charge in [0.25, 0.3) is 11.6 Å². The maximum atomic E-state index is 12.4. The minimum absolute atomic E-state index is 0.0951. The topological polar surface area (TPSA) is 158 Å². The van der Waals surface area contributed by atoms with Crippen LogP contribution in [0.4, 0.5) is 5.69 Å². The fraction of sp³-hybridized carbons (Fsp3) is 0.143. The SMILES string of the molecule is CC(NC(=O)c1ccc(OS(=O)(=O)c2cccc([N+](=O)[O-])c2)cc1)C(=O)NCc1ccco1. The quantitative estimate of drug-likeness (QED) is 0.272. The van der Waals surface area contributed by atoms with Crippen LogP contribution in [-0.2, 0) is 21.5 Å². The van der Waals surface area contributed by atoms with Gasteiger partial charge in [-0.25, -0.2) is 0 Å². The summed E-state index contributed by atoms with van der Waals surface area (Å²) < 4.78 is 34.9. The standard InChI is InChI=1S/C21H19N3O8S/c1-14(20(25)22-13-18-5-3-11-31-18)23-21(26)15-7-9-17(10-8-15)32-33(29,30)19-6-2-4-16(12-19)24(27)28/h2-12,14H,13H2,1H3,(H,22,25)(H,23,26). The second-order valence-corrected chi connectivity index (χ2v) is 8.35. The smallest absolute Gasteiger partial charge is 0.339 e. The molecule has 12 heteroatoms. The average molecular weight is 473 g/mol. The van der Waals surface area contributed by atoms with E-state index in [-0.39, 0.29) is 22.8 Å². The third kappa shape index (κ3) is 6.17. The van der Waals surface area contributed by atoms with Crippen molar-refractivity contribution in [2.24, 2.45) is 0 Å². The van der Waals surface area contributed by atoms with E-state index in [1.54, 1.807) is 12.1 Å². The van der Waals surface area contributed by atoms with Crippen molar-refractivity contribution in [3.05, 3.63) is 88.4 Å². The predicted octanol–water partition coefficient (Wildman–Crippen LogP) is 2.39. The van der Waals surface area contributed by atoms with E-state index in [1.807, 2.05) is 0 Å². The number of hydrogen-bond donors (Lipinski definition) is 2. The fourth-order valence-electron chi connectivity index (χ4n) is 2.68. The number of nitro groups is 1. The summed E-state index contributed by atoms with van der Waals surface area (Å²) in [5, 5.41) is 16.0. The Labute approximate surface area is 188 Å². The van der Waals surface area contributed by atoms with Crippen LogP contribution in [0.3, 0.4) is 0 Å². The van der Waals surface area contributed by atoms with Crippen LogP contribution < -0.4 is 14.8 Å². The van der Waals surface area contributed by atoms with Crippen LogP contribution in [0.25, 0.3) is 0 Å². The molecule has 0 bridgehead atoms. The summed E-state index contributed by atoms with van der Waals surface area (Å²) in [6, 6.07) is 12.1. The summed E-state index contributed by atoms with van der Waals surface area (Å²) in [5.74, 6) is -0.494. The molecule has 0 aliphatic carbocycles. The van der Waals surface area contributed by atoms with Gasteiger partial charge in [-0.2, -0.15) is 8.42 Å². The largest absolute Gasteiger partial charge is 0.467 e. The van der Waals surface area contributed by atoms with Crippen molar-refractivity contribution in [1.29, 1.82) is 0 Å². The summed E-state index contributed by atoms with van der Waals surface area (Å²) in [6.45, 7) is 1.69. The van der Waals surface area contributed by atoms with Gasteiger partial charge in [0.05, 0.1) is 17.7 Å². The van der Waals surface area contributed by atoms with E-state index in [0.717, 1.165) is 12.1 Å². The van der Waals surface area contributed by atoms with Crippen LogP contribution in [0.2, 0.25) is 0 Å². The Kier molecular flexibility index (Phi) is 7.08. The molecule has 2 amide bonds. The fourth-order valence-corrected chi connectivity index (χ4v) is 3.65. The first-order chi connectivity index (χ1) is 15.7. The van der Waals surface area contributed by atoms with E-state index < -0.39 is 38.6 Å². The number of nitrogens with one attached hydrogen (secondary N) is 2. The van der Waals surface area contributed by atoms with Crippen LogP contribution in [-0.4, -0.2) is 31.2 Å². The maximum absolute atomic E-state index is 12.4. The van der Waals surface area contributed by atoms with Crippen molar-refractivity contribution in [2.45, 2.75) is 24.4 Å². The Morgan fingerprint density at radius 2 is 1.85 bits per heavy atom. The van der Waals surface area contributed by atoms with Crippen molar-refractivity contribution in [2.75, 3.05) is 0 Å². The lowest BCUT2D eigenvalue weighted by molar-refractivity contribution is -0.385. The van der Waals surface area contributed by atoms with E-state index in [2.05, 4.69) is 10.6 Å². The molecular weight excluding hydrogens is 454 g/mol. The van der Waals surface area contributed by atoms with E-state index in [0.29, 0.717) is 5.76 Å². The van der Waals surface area contributed by atoms with Crippen LogP contribution in [0, 0.1) is 10.1 Å². The van der Waals surface area contributed by atoms with Gasteiger partial charge in [0.15, 0.2) is 0 Å². The number of carbonyl (C=O) groups excluding carboxylic acids is 2. The van der Waals surface area contributed by atoms with Crippen LogP contribution in [0.1, 0.15) is 23.0 Å². The molecule has 1 unspecified atom stereocenters. The summed E-state index contributed by atoms with van der Waals surface area (Å²) in [6.07, 6.45) is 1.48. The van der Waals surface area contributed by atoms with Gasteiger partial charge in [0.1, 0.15) is 22.4 Å². The Morgan fingerprint density at radius 1 is 1.12 bits per heavy atom. The molecule has 2 N–H and O–H groups in total. The molecule has 0 spiro atoms. The minimum atomic E-state index is -4.32. The van der Waals surface area contributed by atoms with Gasteiger partial charge in [0, 0.05) is 17.7 Å². The lowest BCUT2D eigenvalue weighted by Crippen LogP contribution is -2.44. The highest BCUT2D eigenvalue weighted by Crippen LogP contribution is 2.22. The summed E-state index contributed by atoms with van der Waals surface area (Å²) in [5.41, 5.74) is -0.227. The zero-order valence-corrected chi connectivity index (χ0v) is 18.1. The number of rotatable bonds is 9. The van der Waals surface area contributed by atoms with Gasteiger partial charge < -0.3 is 19.2 Å². The number of hydrogen-bond acceptors (Lipinski definition) is 8. The number of furan rings is 1. The van der Waals surface area contributed by atoms with Crippen molar-refractivity contribution in [3.8, 4) is 5.75 Å². The monoisotopic (exact) mass is 473 g/mol. The second-order valence-electron chi connectivity index (χ2n) is 6.81. The van der Waals surface area contributed by atoms with Gasteiger partial charge in [0.2, 0.25) is 5.91 Å². The van der Waals surface area contributed by atoms with Crippen LogP contribution >= 0.6 is 0 Å². The molecule has 172 valence electrons. The Balaban J connectivity index is 1.59. The molecule has 0 saturated carbocycles. The van der Waals surface area contributed by atoms with Gasteiger partial charge in [-0.3, -0.25) is 19.7 Å². The van der Waals surface area contributed by atoms with Crippen molar-refractivity contribution in [3.63, 3.8) is 0 Å². The molecule has 0 aliphatic rings. The first-order valence-electron chi connectivity index (χ1n) is 9.55. The second kappa shape index (κ2) is 9.96. The Bertz CT molecular complexity index is 1250. The third-order valence-corrected chi connectivity index (χ3v) is 5.64. The molecule has 0 fully saturated rings.